The van der Waals surface area contributed by atoms with Crippen LogP contribution in [-0.4, -0.2) is 34.3 Å². The van der Waals surface area contributed by atoms with Gasteiger partial charge >= 0.3 is 0 Å². The van der Waals surface area contributed by atoms with Gasteiger partial charge in [0.1, 0.15) is 11.3 Å². The fourth-order valence-electron chi connectivity index (χ4n) is 5.12. The number of hydrogen-bond donors (Lipinski definition) is 1. The Morgan fingerprint density at radius 2 is 1.94 bits per heavy atom. The average molecular weight is 480 g/mol. The van der Waals surface area contributed by atoms with Crippen LogP contribution >= 0.6 is 11.6 Å². The summed E-state index contributed by atoms with van der Waals surface area (Å²) in [5.41, 5.74) is 1.27. The minimum atomic E-state index is -0.722. The van der Waals surface area contributed by atoms with Crippen LogP contribution in [0.25, 0.3) is 11.0 Å². The molecular formula is C27H26ClNO5. The van der Waals surface area contributed by atoms with Crippen LogP contribution in [0, 0.1) is 0 Å². The van der Waals surface area contributed by atoms with Crippen molar-refractivity contribution in [1.29, 1.82) is 0 Å². The summed E-state index contributed by atoms with van der Waals surface area (Å²) in [4.78, 5) is 28.8. The first-order chi connectivity index (χ1) is 16.5. The maximum Gasteiger partial charge on any atom is 0.290 e. The van der Waals surface area contributed by atoms with Gasteiger partial charge < -0.3 is 19.2 Å². The molecule has 6 nitrogen and oxygen atoms in total. The van der Waals surface area contributed by atoms with Crippen molar-refractivity contribution in [3.8, 4) is 5.75 Å². The van der Waals surface area contributed by atoms with Crippen LogP contribution in [0.1, 0.15) is 61.2 Å². The fraction of sp³-hybridized carbons (Fsp3) is 0.333. The van der Waals surface area contributed by atoms with Gasteiger partial charge in [-0.15, -0.1) is 0 Å². The molecule has 0 bridgehead atoms. The predicted molar refractivity (Wildman–Crippen MR) is 129 cm³/mol. The molecule has 1 aliphatic carbocycles. The lowest BCUT2D eigenvalue weighted by molar-refractivity contribution is -0.132. The summed E-state index contributed by atoms with van der Waals surface area (Å²) in [6.45, 7) is 2.39. The number of ether oxygens (including phenoxy) is 1. The second-order valence-corrected chi connectivity index (χ2v) is 9.23. The Balaban J connectivity index is 1.60. The zero-order valence-corrected chi connectivity index (χ0v) is 19.7. The van der Waals surface area contributed by atoms with Gasteiger partial charge in [-0.3, -0.25) is 9.59 Å². The number of furan rings is 1. The third-order valence-electron chi connectivity index (χ3n) is 6.64. The number of halogens is 1. The van der Waals surface area contributed by atoms with Crippen LogP contribution in [0.2, 0.25) is 5.02 Å². The number of carbonyl (C=O) groups excluding carboxylic acids is 2. The second-order valence-electron chi connectivity index (χ2n) is 8.80. The summed E-state index contributed by atoms with van der Waals surface area (Å²) in [6, 6.07) is 13.3. The Bertz CT molecular complexity index is 1290. The molecule has 1 amide bonds. The number of nitrogens with zero attached hydrogens (tertiary/aromatic N) is 1. The van der Waals surface area contributed by atoms with Crippen molar-refractivity contribution in [3.63, 3.8) is 0 Å². The molecule has 1 fully saturated rings. The minimum absolute atomic E-state index is 0.0365. The van der Waals surface area contributed by atoms with Gasteiger partial charge in [-0.25, -0.2) is 0 Å². The molecule has 7 heteroatoms. The Kier molecular flexibility index (Phi) is 6.09. The number of fused-ring (bicyclic) bond motifs is 1. The van der Waals surface area contributed by atoms with Crippen molar-refractivity contribution in [2.24, 2.45) is 0 Å². The second kappa shape index (κ2) is 9.18. The molecule has 0 radical (unpaired) electrons. The highest BCUT2D eigenvalue weighted by Gasteiger charge is 2.47. The number of ketones is 1. The topological polar surface area (TPSA) is 80.0 Å². The molecule has 5 rings (SSSR count). The van der Waals surface area contributed by atoms with Crippen molar-refractivity contribution >= 4 is 34.3 Å². The van der Waals surface area contributed by atoms with E-state index in [0.29, 0.717) is 28.3 Å². The van der Waals surface area contributed by atoms with Crippen molar-refractivity contribution in [2.75, 3.05) is 6.61 Å². The number of carbonyl (C=O) groups is 2. The molecule has 0 saturated heterocycles. The largest absolute Gasteiger partial charge is 0.503 e. The number of Topliss-reactive ketones (excluding diaryl/α,β-unsaturated/α-hetero) is 1. The van der Waals surface area contributed by atoms with E-state index in [1.54, 1.807) is 29.2 Å². The predicted octanol–water partition coefficient (Wildman–Crippen LogP) is 6.40. The van der Waals surface area contributed by atoms with Gasteiger partial charge in [-0.1, -0.05) is 43.0 Å². The summed E-state index contributed by atoms with van der Waals surface area (Å²) in [5.74, 6) is -0.832. The first-order valence-electron chi connectivity index (χ1n) is 11.7. The van der Waals surface area contributed by atoms with Gasteiger partial charge in [0.15, 0.2) is 11.5 Å². The van der Waals surface area contributed by atoms with Crippen LogP contribution in [0.5, 0.6) is 5.75 Å². The SMILES string of the molecule is CCOc1cccc(C2C(C(=O)c3cc4cc(Cl)ccc4o3)=C(O)C(=O)N2C2CCCCC2)c1. The molecule has 1 aromatic heterocycles. The Morgan fingerprint density at radius 3 is 2.71 bits per heavy atom. The lowest BCUT2D eigenvalue weighted by Crippen LogP contribution is -2.41. The molecule has 2 heterocycles. The molecule has 1 atom stereocenters. The zero-order chi connectivity index (χ0) is 23.8. The third-order valence-corrected chi connectivity index (χ3v) is 6.88. The van der Waals surface area contributed by atoms with E-state index in [9.17, 15) is 14.7 Å². The molecule has 1 unspecified atom stereocenters. The molecule has 1 saturated carbocycles. The number of aliphatic hydroxyl groups is 1. The van der Waals surface area contributed by atoms with Crippen LogP contribution in [-0.2, 0) is 4.79 Å². The lowest BCUT2D eigenvalue weighted by Gasteiger charge is -2.36. The quantitative estimate of drug-likeness (QED) is 0.414. The molecule has 1 N–H and O–H groups in total. The lowest BCUT2D eigenvalue weighted by atomic mass is 9.90. The summed E-state index contributed by atoms with van der Waals surface area (Å²) < 4.78 is 11.5. The van der Waals surface area contributed by atoms with Gasteiger partial charge in [0, 0.05) is 16.5 Å². The van der Waals surface area contributed by atoms with E-state index < -0.39 is 23.5 Å². The minimum Gasteiger partial charge on any atom is -0.503 e. The van der Waals surface area contributed by atoms with E-state index in [4.69, 9.17) is 20.8 Å². The third kappa shape index (κ3) is 3.96. The monoisotopic (exact) mass is 479 g/mol. The maximum absolute atomic E-state index is 13.7. The van der Waals surface area contributed by atoms with E-state index in [-0.39, 0.29) is 17.4 Å². The van der Waals surface area contributed by atoms with Crippen molar-refractivity contribution in [1.82, 2.24) is 4.90 Å². The van der Waals surface area contributed by atoms with Crippen LogP contribution < -0.4 is 4.74 Å². The molecule has 176 valence electrons. The van der Waals surface area contributed by atoms with Gasteiger partial charge in [0.25, 0.3) is 5.91 Å². The summed E-state index contributed by atoms with van der Waals surface area (Å²) in [6.07, 6.45) is 4.81. The standard InChI is InChI=1S/C27H26ClNO5/c1-2-33-20-10-6-7-16(14-20)24-23(26(31)27(32)29(24)19-8-4-3-5-9-19)25(30)22-15-17-13-18(28)11-12-21(17)34-22/h6-7,10-15,19,24,31H,2-5,8-9H2,1H3. The van der Waals surface area contributed by atoms with E-state index in [2.05, 4.69) is 0 Å². The van der Waals surface area contributed by atoms with Crippen LogP contribution in [0.4, 0.5) is 0 Å². The molecular weight excluding hydrogens is 454 g/mol. The molecule has 0 spiro atoms. The zero-order valence-electron chi connectivity index (χ0n) is 18.9. The first-order valence-corrected chi connectivity index (χ1v) is 12.1. The Hall–Kier alpha value is -3.25. The normalized spacial score (nSPS) is 19.3. The number of rotatable bonds is 6. The van der Waals surface area contributed by atoms with Gasteiger partial charge in [-0.2, -0.15) is 0 Å². The Morgan fingerprint density at radius 1 is 1.15 bits per heavy atom. The van der Waals surface area contributed by atoms with Crippen molar-refractivity contribution in [2.45, 2.75) is 51.1 Å². The van der Waals surface area contributed by atoms with E-state index >= 15 is 0 Å². The molecule has 2 aliphatic rings. The highest BCUT2D eigenvalue weighted by molar-refractivity contribution is 6.31. The highest BCUT2D eigenvalue weighted by atomic mass is 35.5. The van der Waals surface area contributed by atoms with Crippen molar-refractivity contribution < 1.29 is 23.8 Å². The number of benzene rings is 2. The van der Waals surface area contributed by atoms with Gasteiger partial charge in [0.05, 0.1) is 18.2 Å². The highest BCUT2D eigenvalue weighted by Crippen LogP contribution is 2.44. The molecule has 34 heavy (non-hydrogen) atoms. The van der Waals surface area contributed by atoms with Gasteiger partial charge in [-0.05, 0) is 61.7 Å². The van der Waals surface area contributed by atoms with Crippen molar-refractivity contribution in [3.05, 3.63) is 76.2 Å². The number of amides is 1. The molecule has 1 aliphatic heterocycles. The molecule has 3 aromatic rings. The van der Waals surface area contributed by atoms with E-state index in [0.717, 1.165) is 37.7 Å². The number of aliphatic hydroxyl groups excluding tert-OH is 1. The average Bonchev–Trinajstić information content (AvgIpc) is 3.38. The summed E-state index contributed by atoms with van der Waals surface area (Å²) >= 11 is 6.09. The Labute approximate surface area is 202 Å². The molecule has 2 aromatic carbocycles. The first kappa shape index (κ1) is 22.5. The fourth-order valence-corrected chi connectivity index (χ4v) is 5.30. The summed E-state index contributed by atoms with van der Waals surface area (Å²) in [5, 5.41) is 12.2. The van der Waals surface area contributed by atoms with Crippen LogP contribution in [0.3, 0.4) is 0 Å². The summed E-state index contributed by atoms with van der Waals surface area (Å²) in [7, 11) is 0. The van der Waals surface area contributed by atoms with E-state index in [1.165, 1.54) is 0 Å². The van der Waals surface area contributed by atoms with E-state index in [1.807, 2.05) is 31.2 Å². The van der Waals surface area contributed by atoms with Crippen LogP contribution in [0.15, 0.2) is 64.3 Å². The number of hydrogen-bond acceptors (Lipinski definition) is 5. The maximum atomic E-state index is 13.7. The van der Waals surface area contributed by atoms with Gasteiger partial charge in [0.2, 0.25) is 5.78 Å². The smallest absolute Gasteiger partial charge is 0.290 e.